The third-order valence-electron chi connectivity index (χ3n) is 4.76. The fraction of sp³-hybridized carbons (Fsp3) is 0.316. The van der Waals surface area contributed by atoms with Crippen molar-refractivity contribution in [2.24, 2.45) is 0 Å². The molecule has 1 aliphatic rings. The van der Waals surface area contributed by atoms with Gasteiger partial charge in [0.25, 0.3) is 5.91 Å². The van der Waals surface area contributed by atoms with Crippen LogP contribution in [0.25, 0.3) is 0 Å². The Morgan fingerprint density at radius 2 is 1.60 bits per heavy atom. The molecule has 162 valence electrons. The van der Waals surface area contributed by atoms with Gasteiger partial charge in [0, 0.05) is 29.4 Å². The quantitative estimate of drug-likeness (QED) is 0.486. The summed E-state index contributed by atoms with van der Waals surface area (Å²) in [4.78, 5) is 11.5. The number of sulfonamides is 1. The molecule has 0 aliphatic heterocycles. The van der Waals surface area contributed by atoms with Crippen LogP contribution in [-0.2, 0) is 10.0 Å². The summed E-state index contributed by atoms with van der Waals surface area (Å²) in [6.07, 6.45) is 1.31. The molecule has 0 aromatic heterocycles. The van der Waals surface area contributed by atoms with Crippen LogP contribution in [0.4, 0.5) is 23.2 Å². The Hall–Kier alpha value is -2.50. The highest BCUT2D eigenvalue weighted by Crippen LogP contribution is 2.23. The molecule has 2 aromatic rings. The van der Waals surface area contributed by atoms with E-state index in [1.165, 1.54) is 0 Å². The second-order valence-electron chi connectivity index (χ2n) is 6.93. The van der Waals surface area contributed by atoms with Crippen molar-refractivity contribution in [3.05, 3.63) is 59.2 Å². The van der Waals surface area contributed by atoms with Gasteiger partial charge in [-0.15, -0.1) is 0 Å². The maximum absolute atomic E-state index is 14.2. The van der Waals surface area contributed by atoms with Gasteiger partial charge in [0.2, 0.25) is 10.0 Å². The summed E-state index contributed by atoms with van der Waals surface area (Å²) in [5, 5.41) is 12.0. The Balaban J connectivity index is 1.84. The molecule has 2 aromatic carbocycles. The molecule has 30 heavy (non-hydrogen) atoms. The Labute approximate surface area is 170 Å². The van der Waals surface area contributed by atoms with Gasteiger partial charge in [-0.25, -0.2) is 30.7 Å². The van der Waals surface area contributed by atoms with Crippen molar-refractivity contribution in [3.8, 4) is 0 Å². The maximum atomic E-state index is 14.2. The predicted octanol–water partition coefficient (Wildman–Crippen LogP) is 3.08. The molecule has 0 bridgehead atoms. The molecule has 1 saturated carbocycles. The van der Waals surface area contributed by atoms with Crippen molar-refractivity contribution in [2.45, 2.75) is 42.7 Å². The molecular weight excluding hydrogens is 428 g/mol. The van der Waals surface area contributed by atoms with Crippen LogP contribution >= 0.6 is 0 Å². The first-order valence-corrected chi connectivity index (χ1v) is 10.5. The summed E-state index contributed by atoms with van der Waals surface area (Å²) >= 11 is 0. The fourth-order valence-electron chi connectivity index (χ4n) is 3.19. The van der Waals surface area contributed by atoms with Gasteiger partial charge < -0.3 is 10.4 Å². The van der Waals surface area contributed by atoms with Crippen LogP contribution in [0.1, 0.15) is 36.0 Å². The third kappa shape index (κ3) is 4.79. The molecule has 0 saturated heterocycles. The van der Waals surface area contributed by atoms with E-state index in [-0.39, 0.29) is 5.56 Å². The molecular formula is C19H18F4N2O4S. The number of hydrogen-bond donors (Lipinski definition) is 3. The molecule has 2 unspecified atom stereocenters. The molecule has 1 aliphatic carbocycles. The van der Waals surface area contributed by atoms with Crippen molar-refractivity contribution in [1.82, 2.24) is 4.72 Å². The van der Waals surface area contributed by atoms with E-state index in [4.69, 9.17) is 0 Å². The number of halogens is 4. The zero-order valence-electron chi connectivity index (χ0n) is 15.5. The summed E-state index contributed by atoms with van der Waals surface area (Å²) in [6.45, 7) is 0. The number of anilines is 1. The molecule has 6 nitrogen and oxygen atoms in total. The van der Waals surface area contributed by atoms with E-state index in [2.05, 4.69) is 10.0 Å². The Kier molecular flexibility index (Phi) is 6.44. The van der Waals surface area contributed by atoms with E-state index in [1.54, 1.807) is 0 Å². The number of nitrogens with one attached hydrogen (secondary N) is 2. The second-order valence-corrected chi connectivity index (χ2v) is 8.62. The standard InChI is InChI=1S/C19H18F4N2O4S/c20-12-6-5-10(19(27)24-11-8-13(21)18(23)14(22)9-11)7-17(12)30(28,29)25-15-3-1-2-4-16(15)26/h5-9,15-16,25-26H,1-4H2,(H,24,27). The number of aliphatic hydroxyl groups excluding tert-OH is 1. The largest absolute Gasteiger partial charge is 0.391 e. The molecule has 1 amide bonds. The van der Waals surface area contributed by atoms with Gasteiger partial charge >= 0.3 is 0 Å². The Bertz CT molecular complexity index is 1060. The van der Waals surface area contributed by atoms with Gasteiger partial charge in [0.15, 0.2) is 17.5 Å². The lowest BCUT2D eigenvalue weighted by atomic mass is 9.93. The molecule has 2 atom stereocenters. The minimum atomic E-state index is -4.41. The van der Waals surface area contributed by atoms with Crippen molar-refractivity contribution in [2.75, 3.05) is 5.32 Å². The van der Waals surface area contributed by atoms with Crippen LogP contribution in [0.3, 0.4) is 0 Å². The smallest absolute Gasteiger partial charge is 0.255 e. The lowest BCUT2D eigenvalue weighted by Crippen LogP contribution is -2.45. The molecule has 3 N–H and O–H groups in total. The molecule has 11 heteroatoms. The van der Waals surface area contributed by atoms with Crippen LogP contribution < -0.4 is 10.0 Å². The topological polar surface area (TPSA) is 95.5 Å². The zero-order chi connectivity index (χ0) is 22.1. The van der Waals surface area contributed by atoms with E-state index >= 15 is 0 Å². The number of aliphatic hydroxyl groups is 1. The number of amides is 1. The molecule has 1 fully saturated rings. The summed E-state index contributed by atoms with van der Waals surface area (Å²) in [7, 11) is -4.41. The minimum absolute atomic E-state index is 0.314. The van der Waals surface area contributed by atoms with Crippen molar-refractivity contribution in [1.29, 1.82) is 0 Å². The minimum Gasteiger partial charge on any atom is -0.391 e. The molecule has 0 heterocycles. The van der Waals surface area contributed by atoms with Crippen molar-refractivity contribution in [3.63, 3.8) is 0 Å². The van der Waals surface area contributed by atoms with Gasteiger partial charge in [-0.1, -0.05) is 12.8 Å². The fourth-order valence-corrected chi connectivity index (χ4v) is 4.60. The van der Waals surface area contributed by atoms with E-state index < -0.39 is 61.9 Å². The number of hydrogen-bond acceptors (Lipinski definition) is 4. The van der Waals surface area contributed by atoms with Gasteiger partial charge in [0.05, 0.1) is 6.10 Å². The Morgan fingerprint density at radius 3 is 2.23 bits per heavy atom. The molecule has 3 rings (SSSR count). The first kappa shape index (κ1) is 22.2. The van der Waals surface area contributed by atoms with E-state index in [0.29, 0.717) is 31.4 Å². The normalized spacial score (nSPS) is 19.5. The van der Waals surface area contributed by atoms with Crippen LogP contribution in [-0.4, -0.2) is 31.6 Å². The monoisotopic (exact) mass is 446 g/mol. The van der Waals surface area contributed by atoms with Gasteiger partial charge in [-0.3, -0.25) is 4.79 Å². The Morgan fingerprint density at radius 1 is 0.967 bits per heavy atom. The van der Waals surface area contributed by atoms with Crippen LogP contribution in [0.2, 0.25) is 0 Å². The van der Waals surface area contributed by atoms with Crippen LogP contribution in [0.15, 0.2) is 35.2 Å². The van der Waals surface area contributed by atoms with Crippen molar-refractivity contribution < 1.29 is 35.9 Å². The summed E-state index contributed by atoms with van der Waals surface area (Å²) in [5.74, 6) is -6.87. The maximum Gasteiger partial charge on any atom is 0.255 e. The first-order valence-electron chi connectivity index (χ1n) is 9.04. The SMILES string of the molecule is O=C(Nc1cc(F)c(F)c(F)c1)c1ccc(F)c(S(=O)(=O)NC2CCCCC2O)c1. The summed E-state index contributed by atoms with van der Waals surface area (Å²) in [6, 6.07) is 2.80. The summed E-state index contributed by atoms with van der Waals surface area (Å²) < 4.78 is 81.3. The van der Waals surface area contributed by atoms with E-state index in [0.717, 1.165) is 24.6 Å². The van der Waals surface area contributed by atoms with Crippen LogP contribution in [0, 0.1) is 23.3 Å². The van der Waals surface area contributed by atoms with E-state index in [9.17, 15) is 35.9 Å². The highest BCUT2D eigenvalue weighted by atomic mass is 32.2. The van der Waals surface area contributed by atoms with Crippen LogP contribution in [0.5, 0.6) is 0 Å². The number of rotatable bonds is 5. The number of carbonyl (C=O) groups excluding carboxylic acids is 1. The third-order valence-corrected chi connectivity index (χ3v) is 6.27. The second kappa shape index (κ2) is 8.70. The van der Waals surface area contributed by atoms with Gasteiger partial charge in [0.1, 0.15) is 10.7 Å². The number of benzene rings is 2. The van der Waals surface area contributed by atoms with E-state index in [1.807, 2.05) is 0 Å². The first-order chi connectivity index (χ1) is 14.1. The lowest BCUT2D eigenvalue weighted by molar-refractivity contribution is 0.101. The average molecular weight is 446 g/mol. The average Bonchev–Trinajstić information content (AvgIpc) is 2.68. The highest BCUT2D eigenvalue weighted by molar-refractivity contribution is 7.89. The molecule has 0 radical (unpaired) electrons. The molecule has 0 spiro atoms. The summed E-state index contributed by atoms with van der Waals surface area (Å²) in [5.41, 5.74) is -0.723. The zero-order valence-corrected chi connectivity index (χ0v) is 16.3. The van der Waals surface area contributed by atoms with Crippen molar-refractivity contribution >= 4 is 21.6 Å². The van der Waals surface area contributed by atoms with Gasteiger partial charge in [-0.05, 0) is 31.0 Å². The lowest BCUT2D eigenvalue weighted by Gasteiger charge is -2.28. The number of carbonyl (C=O) groups is 1. The predicted molar refractivity (Wildman–Crippen MR) is 99.3 cm³/mol. The van der Waals surface area contributed by atoms with Gasteiger partial charge in [-0.2, -0.15) is 0 Å². The highest BCUT2D eigenvalue weighted by Gasteiger charge is 2.30.